The van der Waals surface area contributed by atoms with Crippen molar-refractivity contribution in [2.24, 2.45) is 0 Å². The van der Waals surface area contributed by atoms with Crippen LogP contribution in [0.5, 0.6) is 5.75 Å². The van der Waals surface area contributed by atoms with Gasteiger partial charge in [0.2, 0.25) is 0 Å². The Morgan fingerprint density at radius 1 is 1.22 bits per heavy atom. The first-order valence-electron chi connectivity index (χ1n) is 9.26. The number of rotatable bonds is 6. The summed E-state index contributed by atoms with van der Waals surface area (Å²) in [5.74, 6) is 1.37. The van der Waals surface area contributed by atoms with Gasteiger partial charge in [-0.25, -0.2) is 9.97 Å². The molecule has 1 aromatic carbocycles. The van der Waals surface area contributed by atoms with Crippen molar-refractivity contribution in [2.45, 2.75) is 19.8 Å². The molecule has 0 amide bonds. The van der Waals surface area contributed by atoms with Crippen molar-refractivity contribution < 1.29 is 4.74 Å². The van der Waals surface area contributed by atoms with Crippen LogP contribution in [0.2, 0.25) is 0 Å². The molecule has 2 aromatic heterocycles. The molecule has 0 aliphatic carbocycles. The van der Waals surface area contributed by atoms with Crippen molar-refractivity contribution >= 4 is 22.4 Å². The van der Waals surface area contributed by atoms with Gasteiger partial charge in [-0.2, -0.15) is 0 Å². The van der Waals surface area contributed by atoms with E-state index in [1.165, 1.54) is 32.3 Å². The smallest absolute Gasteiger partial charge is 0.262 e. The Kier molecular flexibility index (Phi) is 5.02. The van der Waals surface area contributed by atoms with E-state index in [1.807, 2.05) is 25.1 Å². The first kappa shape index (κ1) is 17.5. The molecule has 0 atom stereocenters. The number of hydrogen-bond donors (Lipinski definition) is 2. The second-order valence-corrected chi connectivity index (χ2v) is 6.79. The number of fused-ring (bicyclic) bond motifs is 1. The number of ether oxygens (including phenoxy) is 1. The minimum atomic E-state index is -0.214. The molecule has 27 heavy (non-hydrogen) atoms. The summed E-state index contributed by atoms with van der Waals surface area (Å²) in [5, 5.41) is 3.67. The van der Waals surface area contributed by atoms with Crippen LogP contribution in [-0.4, -0.2) is 46.1 Å². The minimum Gasteiger partial charge on any atom is -0.492 e. The van der Waals surface area contributed by atoms with E-state index in [2.05, 4.69) is 25.2 Å². The predicted octanol–water partition coefficient (Wildman–Crippen LogP) is 2.84. The van der Waals surface area contributed by atoms with E-state index in [1.54, 1.807) is 12.3 Å². The van der Waals surface area contributed by atoms with Gasteiger partial charge in [0, 0.05) is 18.4 Å². The Balaban J connectivity index is 1.47. The topological polar surface area (TPSA) is 83.1 Å². The molecular formula is C20H23N5O2. The van der Waals surface area contributed by atoms with E-state index in [4.69, 9.17) is 4.74 Å². The van der Waals surface area contributed by atoms with Gasteiger partial charge in [0.25, 0.3) is 5.56 Å². The summed E-state index contributed by atoms with van der Waals surface area (Å²) in [7, 11) is 0. The second kappa shape index (κ2) is 7.75. The number of anilines is 2. The number of hydrogen-bond acceptors (Lipinski definition) is 6. The number of aromatic amines is 1. The van der Waals surface area contributed by atoms with Crippen LogP contribution in [0.15, 0.2) is 41.6 Å². The number of nitrogens with one attached hydrogen (secondary N) is 2. The summed E-state index contributed by atoms with van der Waals surface area (Å²) in [6.07, 6.45) is 5.62. The predicted molar refractivity (Wildman–Crippen MR) is 106 cm³/mol. The molecule has 1 saturated heterocycles. The average molecular weight is 365 g/mol. The second-order valence-electron chi connectivity index (χ2n) is 6.79. The lowest BCUT2D eigenvalue weighted by Crippen LogP contribution is -2.25. The zero-order valence-electron chi connectivity index (χ0n) is 15.4. The zero-order chi connectivity index (χ0) is 18.6. The molecule has 1 aliphatic heterocycles. The van der Waals surface area contributed by atoms with Crippen molar-refractivity contribution in [3.05, 3.63) is 52.7 Å². The molecule has 3 heterocycles. The third-order valence-electron chi connectivity index (χ3n) is 4.86. The average Bonchev–Trinajstić information content (AvgIpc) is 3.17. The SMILES string of the molecule is Cc1cc(Nc2nccc3nc[nH]c(=O)c23)ccc1OCCN1CCCC1. The first-order chi connectivity index (χ1) is 13.2. The molecule has 0 radical (unpaired) electrons. The highest BCUT2D eigenvalue weighted by Gasteiger charge is 2.12. The molecular weight excluding hydrogens is 342 g/mol. The quantitative estimate of drug-likeness (QED) is 0.699. The van der Waals surface area contributed by atoms with Crippen LogP contribution >= 0.6 is 0 Å². The van der Waals surface area contributed by atoms with Crippen molar-refractivity contribution in [1.29, 1.82) is 0 Å². The maximum Gasteiger partial charge on any atom is 0.262 e. The molecule has 1 fully saturated rings. The van der Waals surface area contributed by atoms with Gasteiger partial charge >= 0.3 is 0 Å². The van der Waals surface area contributed by atoms with Gasteiger partial charge in [-0.05, 0) is 62.7 Å². The molecule has 0 bridgehead atoms. The van der Waals surface area contributed by atoms with Gasteiger partial charge in [-0.3, -0.25) is 9.69 Å². The molecule has 7 nitrogen and oxygen atoms in total. The Labute approximate surface area is 157 Å². The lowest BCUT2D eigenvalue weighted by molar-refractivity contribution is 0.237. The fourth-order valence-electron chi connectivity index (χ4n) is 3.43. The Hall–Kier alpha value is -2.93. The Morgan fingerprint density at radius 3 is 2.89 bits per heavy atom. The molecule has 3 aromatic rings. The fraction of sp³-hybridized carbons (Fsp3) is 0.350. The third kappa shape index (κ3) is 3.93. The van der Waals surface area contributed by atoms with E-state index in [0.29, 0.717) is 23.3 Å². The third-order valence-corrected chi connectivity index (χ3v) is 4.86. The largest absolute Gasteiger partial charge is 0.492 e. The van der Waals surface area contributed by atoms with E-state index >= 15 is 0 Å². The van der Waals surface area contributed by atoms with Gasteiger partial charge in [0.1, 0.15) is 23.6 Å². The van der Waals surface area contributed by atoms with Gasteiger partial charge in [0.15, 0.2) is 0 Å². The van der Waals surface area contributed by atoms with Crippen molar-refractivity contribution in [3.63, 3.8) is 0 Å². The molecule has 4 rings (SSSR count). The number of H-pyrrole nitrogens is 1. The maximum atomic E-state index is 12.1. The minimum absolute atomic E-state index is 0.214. The molecule has 0 unspecified atom stereocenters. The summed E-state index contributed by atoms with van der Waals surface area (Å²) in [6.45, 7) is 6.03. The van der Waals surface area contributed by atoms with Crippen molar-refractivity contribution in [2.75, 3.05) is 31.6 Å². The Morgan fingerprint density at radius 2 is 2.07 bits per heavy atom. The molecule has 140 valence electrons. The summed E-state index contributed by atoms with van der Waals surface area (Å²) >= 11 is 0. The summed E-state index contributed by atoms with van der Waals surface area (Å²) in [5.41, 5.74) is 2.28. The van der Waals surface area contributed by atoms with Crippen LogP contribution in [0.3, 0.4) is 0 Å². The normalized spacial score (nSPS) is 14.6. The molecule has 2 N–H and O–H groups in total. The van der Waals surface area contributed by atoms with Crippen LogP contribution in [0.25, 0.3) is 10.9 Å². The fourth-order valence-corrected chi connectivity index (χ4v) is 3.43. The molecule has 7 heteroatoms. The Bertz CT molecular complexity index is 990. The van der Waals surface area contributed by atoms with Gasteiger partial charge < -0.3 is 15.0 Å². The summed E-state index contributed by atoms with van der Waals surface area (Å²) in [6, 6.07) is 7.60. The maximum absolute atomic E-state index is 12.1. The van der Waals surface area contributed by atoms with E-state index in [0.717, 1.165) is 23.5 Å². The monoisotopic (exact) mass is 365 g/mol. The first-order valence-corrected chi connectivity index (χ1v) is 9.26. The standard InChI is InChI=1S/C20H23N5O2/c1-14-12-15(4-5-17(14)27-11-10-25-8-2-3-9-25)24-19-18-16(6-7-21-19)22-13-23-20(18)26/h4-7,12-13H,2-3,8-11H2,1H3,(H,21,24)(H,22,23,26). The highest BCUT2D eigenvalue weighted by Crippen LogP contribution is 2.25. The van der Waals surface area contributed by atoms with E-state index < -0.39 is 0 Å². The summed E-state index contributed by atoms with van der Waals surface area (Å²) < 4.78 is 5.94. The van der Waals surface area contributed by atoms with Crippen molar-refractivity contribution in [1.82, 2.24) is 19.9 Å². The van der Waals surface area contributed by atoms with Crippen LogP contribution in [0, 0.1) is 6.92 Å². The number of aryl methyl sites for hydroxylation is 1. The number of pyridine rings is 1. The number of aromatic nitrogens is 3. The molecule has 0 spiro atoms. The van der Waals surface area contributed by atoms with Gasteiger partial charge in [0.05, 0.1) is 11.8 Å². The number of likely N-dealkylation sites (tertiary alicyclic amines) is 1. The van der Waals surface area contributed by atoms with Gasteiger partial charge in [-0.1, -0.05) is 0 Å². The van der Waals surface area contributed by atoms with Crippen molar-refractivity contribution in [3.8, 4) is 5.75 Å². The molecule has 1 aliphatic rings. The van der Waals surface area contributed by atoms with Crippen LogP contribution in [-0.2, 0) is 0 Å². The van der Waals surface area contributed by atoms with E-state index in [-0.39, 0.29) is 5.56 Å². The van der Waals surface area contributed by atoms with Crippen LogP contribution in [0.1, 0.15) is 18.4 Å². The van der Waals surface area contributed by atoms with Crippen LogP contribution < -0.4 is 15.6 Å². The highest BCUT2D eigenvalue weighted by molar-refractivity contribution is 5.89. The van der Waals surface area contributed by atoms with Gasteiger partial charge in [-0.15, -0.1) is 0 Å². The number of benzene rings is 1. The molecule has 0 saturated carbocycles. The lowest BCUT2D eigenvalue weighted by atomic mass is 10.2. The van der Waals surface area contributed by atoms with E-state index in [9.17, 15) is 4.79 Å². The zero-order valence-corrected chi connectivity index (χ0v) is 15.4. The lowest BCUT2D eigenvalue weighted by Gasteiger charge is -2.16. The number of nitrogens with zero attached hydrogens (tertiary/aromatic N) is 3. The summed E-state index contributed by atoms with van der Waals surface area (Å²) in [4.78, 5) is 25.7. The van der Waals surface area contributed by atoms with Crippen LogP contribution in [0.4, 0.5) is 11.5 Å². The highest BCUT2D eigenvalue weighted by atomic mass is 16.5.